The fraction of sp³-hybridized carbons (Fsp3) is 0.333. The second-order valence-corrected chi connectivity index (χ2v) is 2.38. The molecule has 1 N–H and O–H groups in total. The van der Waals surface area contributed by atoms with Gasteiger partial charge < -0.3 is 5.11 Å². The zero-order valence-corrected chi connectivity index (χ0v) is 5.53. The fourth-order valence-corrected chi connectivity index (χ4v) is 1.38. The number of hydrogen-bond acceptors (Lipinski definition) is 2. The average molecular weight is 128 g/mol. The molecule has 1 rings (SSSR count). The van der Waals surface area contributed by atoms with E-state index in [4.69, 9.17) is 5.11 Å². The molecule has 0 amide bonds. The second kappa shape index (κ2) is 2.18. The molecular weight excluding hydrogens is 120 g/mol. The van der Waals surface area contributed by atoms with Crippen LogP contribution in [0.5, 0.6) is 5.75 Å². The molecule has 0 spiro atoms. The molecule has 1 aromatic heterocycles. The SMILES string of the molecule is CCc1cscc1O. The number of rotatable bonds is 1. The molecule has 0 saturated heterocycles. The zero-order chi connectivity index (χ0) is 5.98. The van der Waals surface area contributed by atoms with Crippen LogP contribution in [0.1, 0.15) is 12.5 Å². The van der Waals surface area contributed by atoms with Crippen molar-refractivity contribution in [3.8, 4) is 5.75 Å². The van der Waals surface area contributed by atoms with Crippen LogP contribution in [0.2, 0.25) is 0 Å². The minimum atomic E-state index is 0.442. The van der Waals surface area contributed by atoms with Gasteiger partial charge in [0.25, 0.3) is 0 Å². The van der Waals surface area contributed by atoms with Gasteiger partial charge in [-0.05, 0) is 11.8 Å². The lowest BCUT2D eigenvalue weighted by Gasteiger charge is -1.87. The summed E-state index contributed by atoms with van der Waals surface area (Å²) < 4.78 is 0. The molecule has 1 heterocycles. The monoisotopic (exact) mass is 128 g/mol. The summed E-state index contributed by atoms with van der Waals surface area (Å²) in [7, 11) is 0. The van der Waals surface area contributed by atoms with Gasteiger partial charge in [0, 0.05) is 10.9 Å². The van der Waals surface area contributed by atoms with Crippen LogP contribution >= 0.6 is 11.3 Å². The highest BCUT2D eigenvalue weighted by atomic mass is 32.1. The lowest BCUT2D eigenvalue weighted by atomic mass is 10.2. The van der Waals surface area contributed by atoms with E-state index in [0.29, 0.717) is 5.75 Å². The molecule has 0 aliphatic rings. The van der Waals surface area contributed by atoms with Crippen LogP contribution < -0.4 is 0 Å². The van der Waals surface area contributed by atoms with Crippen molar-refractivity contribution in [1.82, 2.24) is 0 Å². The van der Waals surface area contributed by atoms with Crippen LogP contribution in [-0.4, -0.2) is 5.11 Å². The Morgan fingerprint density at radius 2 is 2.38 bits per heavy atom. The summed E-state index contributed by atoms with van der Waals surface area (Å²) in [6.45, 7) is 2.03. The predicted octanol–water partition coefficient (Wildman–Crippen LogP) is 2.02. The summed E-state index contributed by atoms with van der Waals surface area (Å²) in [5.74, 6) is 0.442. The van der Waals surface area contributed by atoms with E-state index in [1.54, 1.807) is 16.7 Å². The molecule has 2 heteroatoms. The Kier molecular flexibility index (Phi) is 1.53. The maximum atomic E-state index is 8.96. The van der Waals surface area contributed by atoms with Crippen LogP contribution in [0.25, 0.3) is 0 Å². The molecule has 44 valence electrons. The first-order valence-electron chi connectivity index (χ1n) is 2.58. The van der Waals surface area contributed by atoms with Gasteiger partial charge in [-0.1, -0.05) is 6.92 Å². The number of hydrogen-bond donors (Lipinski definition) is 1. The fourth-order valence-electron chi connectivity index (χ4n) is 0.581. The Balaban J connectivity index is 2.92. The summed E-state index contributed by atoms with van der Waals surface area (Å²) >= 11 is 1.54. The number of aromatic hydroxyl groups is 1. The van der Waals surface area contributed by atoms with Gasteiger partial charge in [0.1, 0.15) is 5.75 Å². The van der Waals surface area contributed by atoms with E-state index in [2.05, 4.69) is 0 Å². The van der Waals surface area contributed by atoms with E-state index >= 15 is 0 Å². The first kappa shape index (κ1) is 5.63. The molecule has 0 bridgehead atoms. The molecular formula is C6H8OS. The Bertz CT molecular complexity index is 169. The Morgan fingerprint density at radius 1 is 1.62 bits per heavy atom. The van der Waals surface area contributed by atoms with Gasteiger partial charge in [-0.2, -0.15) is 0 Å². The van der Waals surface area contributed by atoms with E-state index in [1.807, 2.05) is 12.3 Å². The van der Waals surface area contributed by atoms with Crippen LogP contribution in [0.3, 0.4) is 0 Å². The molecule has 8 heavy (non-hydrogen) atoms. The summed E-state index contributed by atoms with van der Waals surface area (Å²) in [6.07, 6.45) is 0.926. The Labute approximate surface area is 52.6 Å². The second-order valence-electron chi connectivity index (χ2n) is 1.64. The quantitative estimate of drug-likeness (QED) is 0.613. The van der Waals surface area contributed by atoms with Gasteiger partial charge >= 0.3 is 0 Å². The van der Waals surface area contributed by atoms with E-state index in [1.165, 1.54) is 0 Å². The summed E-state index contributed by atoms with van der Waals surface area (Å²) in [6, 6.07) is 0. The van der Waals surface area contributed by atoms with E-state index < -0.39 is 0 Å². The van der Waals surface area contributed by atoms with Crippen LogP contribution in [0, 0.1) is 0 Å². The first-order valence-corrected chi connectivity index (χ1v) is 3.53. The maximum Gasteiger partial charge on any atom is 0.129 e. The molecule has 0 radical (unpaired) electrons. The molecule has 0 aliphatic heterocycles. The van der Waals surface area contributed by atoms with E-state index in [9.17, 15) is 0 Å². The first-order chi connectivity index (χ1) is 3.84. The smallest absolute Gasteiger partial charge is 0.129 e. The van der Waals surface area contributed by atoms with Gasteiger partial charge in [0.05, 0.1) is 0 Å². The molecule has 0 unspecified atom stereocenters. The lowest BCUT2D eigenvalue weighted by molar-refractivity contribution is 0.472. The summed E-state index contributed by atoms with van der Waals surface area (Å²) in [4.78, 5) is 0. The standard InChI is InChI=1S/C6H8OS/c1-2-5-3-8-4-6(5)7/h3-4,7H,2H2,1H3. The molecule has 0 fully saturated rings. The third kappa shape index (κ3) is 0.842. The summed E-state index contributed by atoms with van der Waals surface area (Å²) in [5, 5.41) is 12.7. The topological polar surface area (TPSA) is 20.2 Å². The minimum absolute atomic E-state index is 0.442. The number of thiophene rings is 1. The molecule has 0 atom stereocenters. The summed E-state index contributed by atoms with van der Waals surface area (Å²) in [5.41, 5.74) is 1.05. The van der Waals surface area contributed by atoms with Crippen molar-refractivity contribution in [2.45, 2.75) is 13.3 Å². The predicted molar refractivity (Wildman–Crippen MR) is 35.4 cm³/mol. The molecule has 0 aromatic carbocycles. The maximum absolute atomic E-state index is 8.96. The highest BCUT2D eigenvalue weighted by molar-refractivity contribution is 7.08. The van der Waals surface area contributed by atoms with Gasteiger partial charge in [-0.15, -0.1) is 11.3 Å². The zero-order valence-electron chi connectivity index (χ0n) is 4.72. The number of aryl methyl sites for hydroxylation is 1. The average Bonchev–Trinajstić information content (AvgIpc) is 2.14. The van der Waals surface area contributed by atoms with Gasteiger partial charge in [-0.3, -0.25) is 0 Å². The molecule has 1 nitrogen and oxygen atoms in total. The van der Waals surface area contributed by atoms with Crippen molar-refractivity contribution in [2.24, 2.45) is 0 Å². The Hall–Kier alpha value is -0.500. The van der Waals surface area contributed by atoms with E-state index in [-0.39, 0.29) is 0 Å². The van der Waals surface area contributed by atoms with Crippen LogP contribution in [0.4, 0.5) is 0 Å². The van der Waals surface area contributed by atoms with Crippen molar-refractivity contribution < 1.29 is 5.11 Å². The van der Waals surface area contributed by atoms with Crippen LogP contribution in [-0.2, 0) is 6.42 Å². The normalized spacial score (nSPS) is 9.62. The van der Waals surface area contributed by atoms with Crippen molar-refractivity contribution in [3.63, 3.8) is 0 Å². The molecule has 0 saturated carbocycles. The van der Waals surface area contributed by atoms with Crippen molar-refractivity contribution >= 4 is 11.3 Å². The third-order valence-corrected chi connectivity index (χ3v) is 1.88. The minimum Gasteiger partial charge on any atom is -0.507 e. The molecule has 0 aliphatic carbocycles. The lowest BCUT2D eigenvalue weighted by Crippen LogP contribution is -1.70. The van der Waals surface area contributed by atoms with Gasteiger partial charge in [0.2, 0.25) is 0 Å². The highest BCUT2D eigenvalue weighted by Crippen LogP contribution is 2.21. The molecule has 1 aromatic rings. The highest BCUT2D eigenvalue weighted by Gasteiger charge is 1.95. The largest absolute Gasteiger partial charge is 0.507 e. The third-order valence-electron chi connectivity index (χ3n) is 1.10. The van der Waals surface area contributed by atoms with Gasteiger partial charge in [0.15, 0.2) is 0 Å². The van der Waals surface area contributed by atoms with Crippen LogP contribution in [0.15, 0.2) is 10.8 Å². The van der Waals surface area contributed by atoms with Crippen molar-refractivity contribution in [3.05, 3.63) is 16.3 Å². The van der Waals surface area contributed by atoms with Gasteiger partial charge in [-0.25, -0.2) is 0 Å². The van der Waals surface area contributed by atoms with Crippen molar-refractivity contribution in [2.75, 3.05) is 0 Å². The van der Waals surface area contributed by atoms with E-state index in [0.717, 1.165) is 12.0 Å². The van der Waals surface area contributed by atoms with Crippen molar-refractivity contribution in [1.29, 1.82) is 0 Å². The Morgan fingerprint density at radius 3 is 2.62 bits per heavy atom.